The second-order valence-electron chi connectivity index (χ2n) is 12.6. The van der Waals surface area contributed by atoms with Crippen LogP contribution in [-0.4, -0.2) is 83.3 Å². The first-order valence-electron chi connectivity index (χ1n) is 15.9. The molecule has 2 aromatic rings. The van der Waals surface area contributed by atoms with Gasteiger partial charge in [0.15, 0.2) is 6.29 Å². The molecular formula is C33H47N3O10S. The predicted molar refractivity (Wildman–Crippen MR) is 172 cm³/mol. The van der Waals surface area contributed by atoms with Crippen LogP contribution in [0, 0.1) is 11.3 Å². The molecule has 47 heavy (non-hydrogen) atoms. The lowest BCUT2D eigenvalue weighted by Crippen LogP contribution is -2.68. The Hall–Kier alpha value is -3.43. The molecule has 14 heteroatoms. The normalized spacial score (nSPS) is 21.3. The number of aliphatic hydroxyl groups is 1. The minimum Gasteiger partial charge on any atom is -0.497 e. The summed E-state index contributed by atoms with van der Waals surface area (Å²) in [5.41, 5.74) is -1.65. The van der Waals surface area contributed by atoms with Gasteiger partial charge < -0.3 is 34.1 Å². The molecule has 0 bridgehead atoms. The van der Waals surface area contributed by atoms with Crippen molar-refractivity contribution in [3.05, 3.63) is 60.2 Å². The molecule has 260 valence electrons. The molecule has 4 rings (SSSR count). The SMILES string of the molecule is CCOC(=O)NCCC(C)(C)CC[C@@H](O)[C@@](Cc1ccccc1)(NC(=O)O[C@@H]1CO[C@@H]2OCC[C@@H]21)NS(=O)(=O)c1ccc(OC)cc1. The Balaban J connectivity index is 1.62. The number of carbonyl (C=O) groups excluding carboxylic acids is 2. The highest BCUT2D eigenvalue weighted by molar-refractivity contribution is 7.89. The number of aliphatic hydroxyl groups excluding tert-OH is 1. The van der Waals surface area contributed by atoms with Gasteiger partial charge in [0.05, 0.1) is 43.8 Å². The van der Waals surface area contributed by atoms with Crippen LogP contribution in [0.25, 0.3) is 0 Å². The molecule has 0 radical (unpaired) electrons. The molecule has 0 aromatic heterocycles. The molecule has 0 spiro atoms. The Labute approximate surface area is 276 Å². The van der Waals surface area contributed by atoms with E-state index in [1.54, 1.807) is 31.2 Å². The van der Waals surface area contributed by atoms with Crippen molar-refractivity contribution >= 4 is 22.2 Å². The van der Waals surface area contributed by atoms with E-state index in [2.05, 4.69) is 15.4 Å². The van der Waals surface area contributed by atoms with Crippen LogP contribution < -0.4 is 20.1 Å². The molecule has 5 atom stereocenters. The largest absolute Gasteiger partial charge is 0.497 e. The number of alkyl carbamates (subject to hydrolysis) is 2. The molecule has 2 amide bonds. The molecule has 2 aromatic carbocycles. The van der Waals surface area contributed by atoms with Crippen molar-refractivity contribution in [3.8, 4) is 5.75 Å². The molecule has 2 saturated heterocycles. The standard InChI is InChI=1S/C33H47N3O10S/c1-5-43-30(38)34-19-18-32(2,3)17-15-28(37)33(21-23-9-7-6-8-10-23,36-47(40,41)25-13-11-24(42-4)12-14-25)35-31(39)46-27-22-45-29-26(27)16-20-44-29/h6-14,26-29,36-37H,5,15-22H2,1-4H3,(H,34,38)(H,35,39)/t26-,27-,28-,29+,33+/m1/s1. The van der Waals surface area contributed by atoms with Gasteiger partial charge in [-0.3, -0.25) is 5.32 Å². The smallest absolute Gasteiger partial charge is 0.409 e. The van der Waals surface area contributed by atoms with Gasteiger partial charge in [-0.1, -0.05) is 44.2 Å². The van der Waals surface area contributed by atoms with Crippen LogP contribution in [0.1, 0.15) is 52.0 Å². The highest BCUT2D eigenvalue weighted by Crippen LogP contribution is 2.34. The van der Waals surface area contributed by atoms with E-state index in [-0.39, 0.29) is 42.3 Å². The van der Waals surface area contributed by atoms with Gasteiger partial charge in [0.25, 0.3) is 0 Å². The van der Waals surface area contributed by atoms with Crippen molar-refractivity contribution in [2.75, 3.05) is 33.5 Å². The fourth-order valence-electron chi connectivity index (χ4n) is 5.83. The molecule has 2 heterocycles. The number of carbonyl (C=O) groups is 2. The van der Waals surface area contributed by atoms with Crippen LogP contribution in [0.15, 0.2) is 59.5 Å². The highest BCUT2D eigenvalue weighted by atomic mass is 32.2. The molecular weight excluding hydrogens is 630 g/mol. The number of methoxy groups -OCH3 is 1. The van der Waals surface area contributed by atoms with E-state index in [9.17, 15) is 23.1 Å². The van der Waals surface area contributed by atoms with Crippen molar-refractivity contribution in [1.29, 1.82) is 0 Å². The molecule has 2 fully saturated rings. The summed E-state index contributed by atoms with van der Waals surface area (Å²) in [6.07, 6.45) is -2.25. The number of nitrogens with one attached hydrogen (secondary N) is 3. The van der Waals surface area contributed by atoms with Gasteiger partial charge in [-0.15, -0.1) is 0 Å². The molecule has 2 aliphatic rings. The van der Waals surface area contributed by atoms with Crippen LogP contribution in [0.5, 0.6) is 5.75 Å². The number of fused-ring (bicyclic) bond motifs is 1. The fraction of sp³-hybridized carbons (Fsp3) is 0.576. The Bertz CT molecular complexity index is 1420. The first kappa shape index (κ1) is 36.4. The summed E-state index contributed by atoms with van der Waals surface area (Å²) in [5.74, 6) is 0.322. The fourth-order valence-corrected chi connectivity index (χ4v) is 7.18. The Morgan fingerprint density at radius 1 is 1.04 bits per heavy atom. The number of rotatable bonds is 16. The van der Waals surface area contributed by atoms with Gasteiger partial charge in [0.1, 0.15) is 17.5 Å². The van der Waals surface area contributed by atoms with E-state index in [4.69, 9.17) is 23.7 Å². The minimum atomic E-state index is -4.32. The van der Waals surface area contributed by atoms with Gasteiger partial charge in [0.2, 0.25) is 10.0 Å². The first-order valence-corrected chi connectivity index (χ1v) is 17.4. The summed E-state index contributed by atoms with van der Waals surface area (Å²) in [5, 5.41) is 17.4. The number of hydrogen-bond donors (Lipinski definition) is 4. The van der Waals surface area contributed by atoms with Crippen molar-refractivity contribution in [2.45, 2.75) is 81.9 Å². The highest BCUT2D eigenvalue weighted by Gasteiger charge is 2.47. The van der Waals surface area contributed by atoms with Crippen molar-refractivity contribution in [2.24, 2.45) is 11.3 Å². The lowest BCUT2D eigenvalue weighted by molar-refractivity contribution is -0.0907. The van der Waals surface area contributed by atoms with Crippen molar-refractivity contribution in [1.82, 2.24) is 15.4 Å². The number of hydrogen-bond acceptors (Lipinski definition) is 10. The minimum absolute atomic E-state index is 0.0846. The van der Waals surface area contributed by atoms with Crippen molar-refractivity contribution in [3.63, 3.8) is 0 Å². The monoisotopic (exact) mass is 677 g/mol. The maximum Gasteiger partial charge on any atom is 0.409 e. The van der Waals surface area contributed by atoms with Gasteiger partial charge in [-0.2, -0.15) is 4.72 Å². The molecule has 13 nitrogen and oxygen atoms in total. The molecule has 0 saturated carbocycles. The van der Waals surface area contributed by atoms with E-state index in [0.29, 0.717) is 43.7 Å². The summed E-state index contributed by atoms with van der Waals surface area (Å²) < 4.78 is 57.6. The van der Waals surface area contributed by atoms with E-state index in [0.717, 1.165) is 0 Å². The zero-order valence-electron chi connectivity index (χ0n) is 27.4. The van der Waals surface area contributed by atoms with E-state index in [1.807, 2.05) is 19.9 Å². The molecule has 2 aliphatic heterocycles. The summed E-state index contributed by atoms with van der Waals surface area (Å²) in [6, 6.07) is 14.8. The summed E-state index contributed by atoms with van der Waals surface area (Å²) in [7, 11) is -2.85. The average molecular weight is 678 g/mol. The van der Waals surface area contributed by atoms with E-state index < -0.39 is 46.4 Å². The van der Waals surface area contributed by atoms with Crippen LogP contribution in [0.3, 0.4) is 0 Å². The van der Waals surface area contributed by atoms with Gasteiger partial charge >= 0.3 is 12.2 Å². The van der Waals surface area contributed by atoms with E-state index >= 15 is 0 Å². The third-order valence-electron chi connectivity index (χ3n) is 8.59. The quantitative estimate of drug-likeness (QED) is 0.192. The summed E-state index contributed by atoms with van der Waals surface area (Å²) in [6.45, 7) is 6.92. The summed E-state index contributed by atoms with van der Waals surface area (Å²) >= 11 is 0. The predicted octanol–water partition coefficient (Wildman–Crippen LogP) is 3.70. The number of amides is 2. The molecule has 0 unspecified atom stereocenters. The van der Waals surface area contributed by atoms with E-state index in [1.165, 1.54) is 31.4 Å². The third-order valence-corrected chi connectivity index (χ3v) is 10.1. The second kappa shape index (κ2) is 16.1. The van der Waals surface area contributed by atoms with Gasteiger partial charge in [-0.25, -0.2) is 18.0 Å². The zero-order valence-corrected chi connectivity index (χ0v) is 28.2. The van der Waals surface area contributed by atoms with Crippen LogP contribution >= 0.6 is 0 Å². The maximum absolute atomic E-state index is 13.9. The second-order valence-corrected chi connectivity index (χ2v) is 14.3. The number of ether oxygens (including phenoxy) is 5. The number of benzene rings is 2. The van der Waals surface area contributed by atoms with Crippen LogP contribution in [-0.2, 0) is 35.4 Å². The molecule has 4 N–H and O–H groups in total. The summed E-state index contributed by atoms with van der Waals surface area (Å²) in [4.78, 5) is 25.3. The number of sulfonamides is 1. The Kier molecular flexibility index (Phi) is 12.5. The van der Waals surface area contributed by atoms with Crippen molar-refractivity contribution < 1.29 is 46.8 Å². The van der Waals surface area contributed by atoms with Gasteiger partial charge in [-0.05, 0) is 67.9 Å². The molecule has 0 aliphatic carbocycles. The Morgan fingerprint density at radius 3 is 2.45 bits per heavy atom. The van der Waals surface area contributed by atoms with Crippen LogP contribution in [0.2, 0.25) is 0 Å². The zero-order chi connectivity index (χ0) is 34.1. The third kappa shape index (κ3) is 10.0. The van der Waals surface area contributed by atoms with Gasteiger partial charge in [0, 0.05) is 13.0 Å². The Morgan fingerprint density at radius 2 is 1.77 bits per heavy atom. The topological polar surface area (TPSA) is 171 Å². The van der Waals surface area contributed by atoms with Crippen LogP contribution in [0.4, 0.5) is 9.59 Å². The lowest BCUT2D eigenvalue weighted by Gasteiger charge is -2.40. The average Bonchev–Trinajstić information content (AvgIpc) is 3.65. The maximum atomic E-state index is 13.9. The first-order chi connectivity index (χ1) is 22.4. The lowest BCUT2D eigenvalue weighted by atomic mass is 9.81.